The Kier molecular flexibility index (Phi) is 3.75. The second-order valence-corrected chi connectivity index (χ2v) is 4.33. The molecule has 0 aliphatic carbocycles. The number of nitriles is 1. The first kappa shape index (κ1) is 12.1. The van der Waals surface area contributed by atoms with Gasteiger partial charge in [0.2, 0.25) is 0 Å². The van der Waals surface area contributed by atoms with Crippen LogP contribution in [0.2, 0.25) is 0 Å². The van der Waals surface area contributed by atoms with Crippen molar-refractivity contribution in [3.63, 3.8) is 0 Å². The Morgan fingerprint density at radius 2 is 2.18 bits per heavy atom. The van der Waals surface area contributed by atoms with Gasteiger partial charge in [-0.2, -0.15) is 5.26 Å². The fraction of sp³-hybridized carbons (Fsp3) is 0.462. The Morgan fingerprint density at radius 1 is 1.35 bits per heavy atom. The van der Waals surface area contributed by atoms with Gasteiger partial charge in [0.1, 0.15) is 6.10 Å². The van der Waals surface area contributed by atoms with Crippen LogP contribution < -0.4 is 5.32 Å². The minimum atomic E-state index is -1.02. The van der Waals surface area contributed by atoms with Crippen molar-refractivity contribution in [1.82, 2.24) is 5.32 Å². The smallest absolute Gasteiger partial charge is 0.106 e. The molecule has 90 valence electrons. The summed E-state index contributed by atoms with van der Waals surface area (Å²) in [6, 6.07) is 7.59. The van der Waals surface area contributed by atoms with Crippen molar-refractivity contribution < 1.29 is 10.2 Å². The zero-order chi connectivity index (χ0) is 12.3. The highest BCUT2D eigenvalue weighted by Gasteiger charge is 2.19. The van der Waals surface area contributed by atoms with Gasteiger partial charge in [-0.05, 0) is 29.7 Å². The number of nitrogens with zero attached hydrogens (tertiary/aromatic N) is 1. The van der Waals surface area contributed by atoms with Crippen molar-refractivity contribution in [3.05, 3.63) is 34.9 Å². The molecule has 1 aliphatic heterocycles. The fourth-order valence-corrected chi connectivity index (χ4v) is 2.11. The molecule has 0 amide bonds. The zero-order valence-electron chi connectivity index (χ0n) is 9.56. The van der Waals surface area contributed by atoms with Gasteiger partial charge in [0, 0.05) is 6.54 Å². The van der Waals surface area contributed by atoms with Gasteiger partial charge in [0.15, 0.2) is 0 Å². The van der Waals surface area contributed by atoms with E-state index in [1.165, 1.54) is 5.56 Å². The number of aliphatic hydroxyl groups excluding tert-OH is 2. The number of hydrogen-bond acceptors (Lipinski definition) is 4. The minimum absolute atomic E-state index is 0.0590. The highest BCUT2D eigenvalue weighted by atomic mass is 16.3. The average Bonchev–Trinajstić information content (AvgIpc) is 2.37. The van der Waals surface area contributed by atoms with Crippen LogP contribution in [-0.2, 0) is 13.0 Å². The monoisotopic (exact) mass is 232 g/mol. The van der Waals surface area contributed by atoms with E-state index in [4.69, 9.17) is 5.26 Å². The van der Waals surface area contributed by atoms with Crippen LogP contribution >= 0.6 is 0 Å². The summed E-state index contributed by atoms with van der Waals surface area (Å²) in [4.78, 5) is 0. The topological polar surface area (TPSA) is 76.3 Å². The Morgan fingerprint density at radius 3 is 2.94 bits per heavy atom. The van der Waals surface area contributed by atoms with Gasteiger partial charge in [-0.15, -0.1) is 0 Å². The van der Waals surface area contributed by atoms with E-state index in [2.05, 4.69) is 5.32 Å². The molecule has 4 nitrogen and oxygen atoms in total. The van der Waals surface area contributed by atoms with Crippen LogP contribution in [0, 0.1) is 11.3 Å². The zero-order valence-corrected chi connectivity index (χ0v) is 9.56. The normalized spacial score (nSPS) is 17.9. The summed E-state index contributed by atoms with van der Waals surface area (Å²) in [5.74, 6) is 0. The third-order valence-corrected chi connectivity index (χ3v) is 3.12. The molecule has 0 aromatic heterocycles. The molecule has 0 saturated carbocycles. The number of nitrogens with one attached hydrogen (secondary N) is 1. The average molecular weight is 232 g/mol. The third kappa shape index (κ3) is 2.64. The number of benzene rings is 1. The third-order valence-electron chi connectivity index (χ3n) is 3.12. The second kappa shape index (κ2) is 5.28. The first-order chi connectivity index (χ1) is 8.22. The summed E-state index contributed by atoms with van der Waals surface area (Å²) in [6.07, 6.45) is -1.07. The molecule has 0 saturated heterocycles. The van der Waals surface area contributed by atoms with E-state index in [1.54, 1.807) is 0 Å². The van der Waals surface area contributed by atoms with E-state index in [0.717, 1.165) is 25.1 Å². The molecule has 1 aliphatic rings. The minimum Gasteiger partial charge on any atom is -0.389 e. The summed E-state index contributed by atoms with van der Waals surface area (Å²) >= 11 is 0. The van der Waals surface area contributed by atoms with E-state index in [1.807, 2.05) is 24.3 Å². The number of aliphatic hydroxyl groups is 2. The maximum atomic E-state index is 9.90. The summed E-state index contributed by atoms with van der Waals surface area (Å²) in [6.45, 7) is 1.77. The lowest BCUT2D eigenvalue weighted by atomic mass is 9.94. The highest BCUT2D eigenvalue weighted by Crippen LogP contribution is 2.23. The summed E-state index contributed by atoms with van der Waals surface area (Å²) < 4.78 is 0. The Bertz CT molecular complexity index is 440. The molecule has 0 radical (unpaired) electrons. The molecule has 1 heterocycles. The highest BCUT2D eigenvalue weighted by molar-refractivity contribution is 5.35. The number of hydrogen-bond donors (Lipinski definition) is 3. The predicted molar refractivity (Wildman–Crippen MR) is 63.0 cm³/mol. The molecule has 1 aromatic rings. The Labute approximate surface area is 101 Å². The molecule has 2 rings (SSSR count). The van der Waals surface area contributed by atoms with Crippen molar-refractivity contribution in [2.75, 3.05) is 6.54 Å². The molecule has 1 aromatic carbocycles. The summed E-state index contributed by atoms with van der Waals surface area (Å²) in [5, 5.41) is 31.2. The van der Waals surface area contributed by atoms with Crippen LogP contribution in [0.25, 0.3) is 0 Å². The quantitative estimate of drug-likeness (QED) is 0.715. The van der Waals surface area contributed by atoms with Crippen molar-refractivity contribution in [2.45, 2.75) is 31.6 Å². The van der Waals surface area contributed by atoms with Crippen LogP contribution in [0.1, 0.15) is 29.2 Å². The Balaban J connectivity index is 2.19. The number of fused-ring (bicyclic) bond motifs is 1. The SMILES string of the molecule is N#CCC(O)C(O)c1ccc2c(c1)CNCC2. The summed E-state index contributed by atoms with van der Waals surface area (Å²) in [5.41, 5.74) is 3.13. The molecular weight excluding hydrogens is 216 g/mol. The van der Waals surface area contributed by atoms with Crippen LogP contribution in [0.3, 0.4) is 0 Å². The van der Waals surface area contributed by atoms with E-state index < -0.39 is 12.2 Å². The molecule has 2 unspecified atom stereocenters. The van der Waals surface area contributed by atoms with Crippen molar-refractivity contribution in [3.8, 4) is 6.07 Å². The Hall–Kier alpha value is -1.41. The predicted octanol–water partition coefficient (Wildman–Crippen LogP) is 0.640. The van der Waals surface area contributed by atoms with Gasteiger partial charge in [-0.25, -0.2) is 0 Å². The van der Waals surface area contributed by atoms with Gasteiger partial charge in [-0.3, -0.25) is 0 Å². The van der Waals surface area contributed by atoms with Crippen molar-refractivity contribution in [2.24, 2.45) is 0 Å². The maximum Gasteiger partial charge on any atom is 0.106 e. The maximum absolute atomic E-state index is 9.90. The first-order valence-electron chi connectivity index (χ1n) is 5.78. The molecule has 0 spiro atoms. The molecule has 0 bridgehead atoms. The van der Waals surface area contributed by atoms with Gasteiger partial charge >= 0.3 is 0 Å². The van der Waals surface area contributed by atoms with Crippen LogP contribution in [-0.4, -0.2) is 22.9 Å². The van der Waals surface area contributed by atoms with Crippen molar-refractivity contribution >= 4 is 0 Å². The van der Waals surface area contributed by atoms with E-state index in [0.29, 0.717) is 5.56 Å². The molecule has 3 N–H and O–H groups in total. The second-order valence-electron chi connectivity index (χ2n) is 4.33. The lowest BCUT2D eigenvalue weighted by Gasteiger charge is -2.21. The molecule has 2 atom stereocenters. The summed E-state index contributed by atoms with van der Waals surface area (Å²) in [7, 11) is 0. The molecular formula is C13H16N2O2. The van der Waals surface area contributed by atoms with Gasteiger partial charge in [0.25, 0.3) is 0 Å². The fourth-order valence-electron chi connectivity index (χ4n) is 2.11. The number of rotatable bonds is 3. The van der Waals surface area contributed by atoms with E-state index >= 15 is 0 Å². The largest absolute Gasteiger partial charge is 0.389 e. The van der Waals surface area contributed by atoms with E-state index in [9.17, 15) is 10.2 Å². The van der Waals surface area contributed by atoms with Gasteiger partial charge in [-0.1, -0.05) is 18.2 Å². The van der Waals surface area contributed by atoms with Crippen LogP contribution in [0.5, 0.6) is 0 Å². The van der Waals surface area contributed by atoms with E-state index in [-0.39, 0.29) is 6.42 Å². The standard InChI is InChI=1S/C13H16N2O2/c14-5-3-12(16)13(17)10-2-1-9-4-6-15-8-11(9)7-10/h1-2,7,12-13,15-17H,3-4,6,8H2. The van der Waals surface area contributed by atoms with Crippen molar-refractivity contribution in [1.29, 1.82) is 5.26 Å². The lowest BCUT2D eigenvalue weighted by Crippen LogP contribution is -2.24. The molecule has 0 fully saturated rings. The van der Waals surface area contributed by atoms with Gasteiger partial charge in [0.05, 0.1) is 18.6 Å². The van der Waals surface area contributed by atoms with Gasteiger partial charge < -0.3 is 15.5 Å². The van der Waals surface area contributed by atoms with Crippen LogP contribution in [0.4, 0.5) is 0 Å². The first-order valence-corrected chi connectivity index (χ1v) is 5.78. The molecule has 17 heavy (non-hydrogen) atoms. The molecule has 4 heteroatoms. The van der Waals surface area contributed by atoms with Crippen LogP contribution in [0.15, 0.2) is 18.2 Å². The lowest BCUT2D eigenvalue weighted by molar-refractivity contribution is 0.0216.